The first-order valence-corrected chi connectivity index (χ1v) is 9.68. The molecule has 1 heterocycles. The lowest BCUT2D eigenvalue weighted by molar-refractivity contribution is -0.123. The van der Waals surface area contributed by atoms with Crippen LogP contribution in [0.5, 0.6) is 0 Å². The van der Waals surface area contributed by atoms with E-state index in [-0.39, 0.29) is 0 Å². The fourth-order valence-corrected chi connectivity index (χ4v) is 4.13. The maximum absolute atomic E-state index is 12.4. The second-order valence-corrected chi connectivity index (χ2v) is 8.02. The standard InChI is InChI=1S/C20H22N2O4S/c1-11-3-8-16-14(9-11)10-17(27-16)20(25)26-12(2)19(24)22-15-6-4-13(5-7-15)18(21)23/h4-7,10-12H,3,8-9H2,1-2H3,(H2,21,23)(H,22,24)/t11-,12-/m0/s1. The van der Waals surface area contributed by atoms with Crippen LogP contribution in [0.1, 0.15) is 50.7 Å². The Kier molecular flexibility index (Phi) is 5.60. The Morgan fingerprint density at radius 1 is 1.26 bits per heavy atom. The van der Waals surface area contributed by atoms with Gasteiger partial charge in [-0.25, -0.2) is 4.79 Å². The van der Waals surface area contributed by atoms with Gasteiger partial charge in [-0.3, -0.25) is 9.59 Å². The van der Waals surface area contributed by atoms with E-state index < -0.39 is 23.9 Å². The van der Waals surface area contributed by atoms with Crippen molar-refractivity contribution >= 4 is 34.8 Å². The topological polar surface area (TPSA) is 98.5 Å². The van der Waals surface area contributed by atoms with Crippen molar-refractivity contribution in [2.45, 2.75) is 39.2 Å². The number of rotatable bonds is 5. The summed E-state index contributed by atoms with van der Waals surface area (Å²) in [7, 11) is 0. The number of benzene rings is 1. The van der Waals surface area contributed by atoms with Crippen LogP contribution < -0.4 is 11.1 Å². The van der Waals surface area contributed by atoms with Gasteiger partial charge in [0, 0.05) is 16.1 Å². The van der Waals surface area contributed by atoms with E-state index in [4.69, 9.17) is 10.5 Å². The molecule has 2 amide bonds. The van der Waals surface area contributed by atoms with Crippen molar-refractivity contribution in [1.29, 1.82) is 0 Å². The molecular formula is C20H22N2O4S. The number of carbonyl (C=O) groups excluding carboxylic acids is 3. The third kappa shape index (κ3) is 4.54. The molecule has 2 atom stereocenters. The summed E-state index contributed by atoms with van der Waals surface area (Å²) in [4.78, 5) is 37.5. The third-order valence-electron chi connectivity index (χ3n) is 4.62. The van der Waals surface area contributed by atoms with E-state index in [0.717, 1.165) is 19.3 Å². The molecule has 3 rings (SSSR count). The summed E-state index contributed by atoms with van der Waals surface area (Å²) in [5.41, 5.74) is 7.25. The molecule has 0 bridgehead atoms. The van der Waals surface area contributed by atoms with E-state index in [1.807, 2.05) is 6.07 Å². The fourth-order valence-electron chi connectivity index (χ4n) is 3.04. The number of thiophene rings is 1. The minimum atomic E-state index is -0.939. The number of hydrogen-bond donors (Lipinski definition) is 2. The molecule has 1 aromatic heterocycles. The number of carbonyl (C=O) groups is 3. The fraction of sp³-hybridized carbons (Fsp3) is 0.350. The Labute approximate surface area is 161 Å². The van der Waals surface area contributed by atoms with Crippen molar-refractivity contribution in [2.75, 3.05) is 5.32 Å². The minimum absolute atomic E-state index is 0.350. The van der Waals surface area contributed by atoms with Crippen molar-refractivity contribution in [3.05, 3.63) is 51.2 Å². The average molecular weight is 386 g/mol. The van der Waals surface area contributed by atoms with Crippen molar-refractivity contribution in [3.8, 4) is 0 Å². The van der Waals surface area contributed by atoms with E-state index >= 15 is 0 Å². The summed E-state index contributed by atoms with van der Waals surface area (Å²) >= 11 is 1.46. The number of aryl methyl sites for hydroxylation is 1. The Balaban J connectivity index is 1.59. The number of amides is 2. The van der Waals surface area contributed by atoms with Crippen LogP contribution in [-0.4, -0.2) is 23.9 Å². The lowest BCUT2D eigenvalue weighted by Crippen LogP contribution is -2.29. The lowest BCUT2D eigenvalue weighted by Gasteiger charge is -2.16. The monoisotopic (exact) mass is 386 g/mol. The van der Waals surface area contributed by atoms with Gasteiger partial charge in [-0.1, -0.05) is 6.92 Å². The van der Waals surface area contributed by atoms with E-state index in [2.05, 4.69) is 12.2 Å². The highest BCUT2D eigenvalue weighted by Gasteiger charge is 2.24. The Morgan fingerprint density at radius 3 is 2.63 bits per heavy atom. The molecule has 1 aliphatic carbocycles. The molecule has 142 valence electrons. The summed E-state index contributed by atoms with van der Waals surface area (Å²) in [6.07, 6.45) is 2.17. The van der Waals surface area contributed by atoms with E-state index in [9.17, 15) is 14.4 Å². The second-order valence-electron chi connectivity index (χ2n) is 6.89. The Bertz CT molecular complexity index is 873. The number of nitrogens with one attached hydrogen (secondary N) is 1. The van der Waals surface area contributed by atoms with Gasteiger partial charge in [0.25, 0.3) is 5.91 Å². The van der Waals surface area contributed by atoms with Gasteiger partial charge >= 0.3 is 5.97 Å². The SMILES string of the molecule is C[C@H]1CCc2sc(C(=O)O[C@@H](C)C(=O)Nc3ccc(C(N)=O)cc3)cc2C1. The molecule has 0 saturated carbocycles. The first-order chi connectivity index (χ1) is 12.8. The molecule has 0 saturated heterocycles. The third-order valence-corrected chi connectivity index (χ3v) is 5.84. The van der Waals surface area contributed by atoms with Crippen LogP contribution in [0.25, 0.3) is 0 Å². The quantitative estimate of drug-likeness (QED) is 0.771. The number of nitrogens with two attached hydrogens (primary N) is 1. The van der Waals surface area contributed by atoms with Crippen molar-refractivity contribution in [3.63, 3.8) is 0 Å². The van der Waals surface area contributed by atoms with Crippen LogP contribution >= 0.6 is 11.3 Å². The number of esters is 1. The molecule has 0 fully saturated rings. The van der Waals surface area contributed by atoms with Gasteiger partial charge in [0.2, 0.25) is 5.91 Å². The van der Waals surface area contributed by atoms with Crippen LogP contribution in [-0.2, 0) is 22.4 Å². The smallest absolute Gasteiger partial charge is 0.349 e. The number of primary amides is 1. The van der Waals surface area contributed by atoms with Crippen LogP contribution in [0.15, 0.2) is 30.3 Å². The van der Waals surface area contributed by atoms with Gasteiger partial charge in [0.1, 0.15) is 4.88 Å². The minimum Gasteiger partial charge on any atom is -0.448 e. The van der Waals surface area contributed by atoms with E-state index in [1.165, 1.54) is 40.8 Å². The zero-order valence-corrected chi connectivity index (χ0v) is 16.1. The molecule has 0 spiro atoms. The van der Waals surface area contributed by atoms with E-state index in [0.29, 0.717) is 22.0 Å². The van der Waals surface area contributed by atoms with Gasteiger partial charge in [-0.2, -0.15) is 0 Å². The van der Waals surface area contributed by atoms with Crippen LogP contribution in [0.2, 0.25) is 0 Å². The van der Waals surface area contributed by atoms with Gasteiger partial charge in [0.05, 0.1) is 0 Å². The second kappa shape index (κ2) is 7.92. The molecule has 1 aromatic carbocycles. The van der Waals surface area contributed by atoms with Crippen LogP contribution in [0.4, 0.5) is 5.69 Å². The lowest BCUT2D eigenvalue weighted by atomic mass is 9.90. The van der Waals surface area contributed by atoms with Crippen molar-refractivity contribution < 1.29 is 19.1 Å². The molecule has 6 nitrogen and oxygen atoms in total. The molecule has 3 N–H and O–H groups in total. The molecule has 1 aliphatic rings. The molecule has 2 aromatic rings. The van der Waals surface area contributed by atoms with Crippen molar-refractivity contribution in [1.82, 2.24) is 0 Å². The number of ether oxygens (including phenoxy) is 1. The van der Waals surface area contributed by atoms with E-state index in [1.54, 1.807) is 12.1 Å². The zero-order chi connectivity index (χ0) is 19.6. The Hall–Kier alpha value is -2.67. The normalized spacial score (nSPS) is 16.9. The first-order valence-electron chi connectivity index (χ1n) is 8.86. The summed E-state index contributed by atoms with van der Waals surface area (Å²) < 4.78 is 5.32. The summed E-state index contributed by atoms with van der Waals surface area (Å²) in [5.74, 6) is -0.830. The predicted octanol–water partition coefficient (Wildman–Crippen LogP) is 3.16. The predicted molar refractivity (Wildman–Crippen MR) is 104 cm³/mol. The van der Waals surface area contributed by atoms with Crippen LogP contribution in [0, 0.1) is 5.92 Å². The van der Waals surface area contributed by atoms with Gasteiger partial charge in [-0.15, -0.1) is 11.3 Å². The molecule has 7 heteroatoms. The summed E-state index contributed by atoms with van der Waals surface area (Å²) in [5, 5.41) is 2.65. The van der Waals surface area contributed by atoms with Gasteiger partial charge in [-0.05, 0) is 68.0 Å². The zero-order valence-electron chi connectivity index (χ0n) is 15.3. The molecule has 27 heavy (non-hydrogen) atoms. The number of hydrogen-bond acceptors (Lipinski definition) is 5. The Morgan fingerprint density at radius 2 is 1.96 bits per heavy atom. The molecule has 0 radical (unpaired) electrons. The van der Waals surface area contributed by atoms with Crippen molar-refractivity contribution in [2.24, 2.45) is 11.7 Å². The molecular weight excluding hydrogens is 364 g/mol. The maximum atomic E-state index is 12.4. The largest absolute Gasteiger partial charge is 0.448 e. The average Bonchev–Trinajstić information content (AvgIpc) is 3.05. The number of fused-ring (bicyclic) bond motifs is 1. The highest BCUT2D eigenvalue weighted by atomic mass is 32.1. The van der Waals surface area contributed by atoms with Crippen LogP contribution in [0.3, 0.4) is 0 Å². The van der Waals surface area contributed by atoms with Gasteiger partial charge in [0.15, 0.2) is 6.10 Å². The molecule has 0 aliphatic heterocycles. The molecule has 0 unspecified atom stereocenters. The summed E-state index contributed by atoms with van der Waals surface area (Å²) in [6.45, 7) is 3.74. The summed E-state index contributed by atoms with van der Waals surface area (Å²) in [6, 6.07) is 8.07. The first kappa shape index (κ1) is 19.1. The highest BCUT2D eigenvalue weighted by Crippen LogP contribution is 2.32. The maximum Gasteiger partial charge on any atom is 0.349 e. The van der Waals surface area contributed by atoms with Gasteiger partial charge < -0.3 is 15.8 Å². The number of anilines is 1. The highest BCUT2D eigenvalue weighted by molar-refractivity contribution is 7.14.